The number of pyridine rings is 1. The summed E-state index contributed by atoms with van der Waals surface area (Å²) in [6.45, 7) is 0.299. The summed E-state index contributed by atoms with van der Waals surface area (Å²) in [6, 6.07) is 12.4. The van der Waals surface area contributed by atoms with E-state index in [-0.39, 0.29) is 11.9 Å². The van der Waals surface area contributed by atoms with E-state index in [2.05, 4.69) is 20.9 Å². The second-order valence-electron chi connectivity index (χ2n) is 6.78. The minimum Gasteiger partial charge on any atom is -0.349 e. The van der Waals surface area contributed by atoms with Crippen LogP contribution in [0.4, 0.5) is 5.69 Å². The molecule has 0 aliphatic heterocycles. The molecule has 146 valence electrons. The van der Waals surface area contributed by atoms with Crippen LogP contribution in [-0.4, -0.2) is 35.3 Å². The van der Waals surface area contributed by atoms with Crippen LogP contribution in [0.15, 0.2) is 48.7 Å². The zero-order valence-electron chi connectivity index (χ0n) is 15.6. The fourth-order valence-corrected chi connectivity index (χ4v) is 3.23. The molecule has 0 radical (unpaired) electrons. The largest absolute Gasteiger partial charge is 0.349 e. The molecule has 1 aliphatic rings. The molecule has 1 aliphatic carbocycles. The Morgan fingerprint density at radius 2 is 1.71 bits per heavy atom. The highest BCUT2D eigenvalue weighted by atomic mass is 16.2. The van der Waals surface area contributed by atoms with Crippen LogP contribution in [-0.2, 0) is 16.0 Å². The van der Waals surface area contributed by atoms with Crippen LogP contribution in [0.2, 0.25) is 0 Å². The van der Waals surface area contributed by atoms with Crippen LogP contribution in [0.3, 0.4) is 0 Å². The lowest BCUT2D eigenvalue weighted by atomic mass is 10.1. The van der Waals surface area contributed by atoms with E-state index in [1.165, 1.54) is 0 Å². The van der Waals surface area contributed by atoms with Crippen molar-refractivity contribution in [2.45, 2.75) is 38.1 Å². The third-order valence-electron chi connectivity index (χ3n) is 4.71. The molecule has 7 heteroatoms. The van der Waals surface area contributed by atoms with E-state index in [4.69, 9.17) is 0 Å². The summed E-state index contributed by atoms with van der Waals surface area (Å²) in [5.41, 5.74) is 1.50. The fraction of sp³-hybridized carbons (Fsp3) is 0.333. The van der Waals surface area contributed by atoms with Gasteiger partial charge in [-0.25, -0.2) is 0 Å². The van der Waals surface area contributed by atoms with Crippen molar-refractivity contribution in [3.63, 3.8) is 0 Å². The van der Waals surface area contributed by atoms with Crippen LogP contribution in [0, 0.1) is 0 Å². The van der Waals surface area contributed by atoms with Gasteiger partial charge in [-0.2, -0.15) is 0 Å². The molecule has 28 heavy (non-hydrogen) atoms. The second-order valence-corrected chi connectivity index (χ2v) is 6.78. The predicted octanol–water partition coefficient (Wildman–Crippen LogP) is 2.05. The van der Waals surface area contributed by atoms with Crippen molar-refractivity contribution >= 4 is 23.4 Å². The highest BCUT2D eigenvalue weighted by Gasteiger charge is 2.21. The highest BCUT2D eigenvalue weighted by molar-refractivity contribution is 6.40. The van der Waals surface area contributed by atoms with Gasteiger partial charge in [0.15, 0.2) is 0 Å². The molecule has 0 unspecified atom stereocenters. The van der Waals surface area contributed by atoms with Crippen molar-refractivity contribution in [2.24, 2.45) is 0 Å². The summed E-state index contributed by atoms with van der Waals surface area (Å²) >= 11 is 0. The summed E-state index contributed by atoms with van der Waals surface area (Å²) in [4.78, 5) is 41.0. The lowest BCUT2D eigenvalue weighted by Crippen LogP contribution is -2.37. The number of anilines is 1. The quantitative estimate of drug-likeness (QED) is 0.668. The molecule has 7 nitrogen and oxygen atoms in total. The van der Waals surface area contributed by atoms with E-state index < -0.39 is 11.8 Å². The summed E-state index contributed by atoms with van der Waals surface area (Å²) in [5.74, 6) is -1.79. The maximum absolute atomic E-state index is 12.5. The lowest BCUT2D eigenvalue weighted by molar-refractivity contribution is -0.136. The van der Waals surface area contributed by atoms with E-state index in [9.17, 15) is 14.4 Å². The summed E-state index contributed by atoms with van der Waals surface area (Å²) < 4.78 is 0. The molecule has 0 bridgehead atoms. The highest BCUT2D eigenvalue weighted by Crippen LogP contribution is 2.20. The van der Waals surface area contributed by atoms with Crippen molar-refractivity contribution in [1.29, 1.82) is 0 Å². The second kappa shape index (κ2) is 9.64. The van der Waals surface area contributed by atoms with Gasteiger partial charge in [0, 0.05) is 30.9 Å². The van der Waals surface area contributed by atoms with Gasteiger partial charge in [0.05, 0.1) is 11.3 Å². The van der Waals surface area contributed by atoms with E-state index in [1.807, 2.05) is 18.2 Å². The topological polar surface area (TPSA) is 100 Å². The molecule has 3 rings (SSSR count). The van der Waals surface area contributed by atoms with Gasteiger partial charge in [-0.05, 0) is 37.1 Å². The van der Waals surface area contributed by atoms with Crippen molar-refractivity contribution in [1.82, 2.24) is 15.6 Å². The third kappa shape index (κ3) is 5.39. The van der Waals surface area contributed by atoms with Gasteiger partial charge in [0.2, 0.25) is 0 Å². The van der Waals surface area contributed by atoms with Gasteiger partial charge in [0.1, 0.15) is 0 Å². The maximum Gasteiger partial charge on any atom is 0.313 e. The van der Waals surface area contributed by atoms with Crippen molar-refractivity contribution in [3.05, 3.63) is 59.9 Å². The van der Waals surface area contributed by atoms with Crippen LogP contribution in [0.25, 0.3) is 0 Å². The van der Waals surface area contributed by atoms with Crippen LogP contribution >= 0.6 is 0 Å². The number of nitrogens with one attached hydrogen (secondary N) is 3. The average molecular weight is 380 g/mol. The molecule has 0 saturated heterocycles. The Morgan fingerprint density at radius 3 is 2.46 bits per heavy atom. The van der Waals surface area contributed by atoms with E-state index in [1.54, 1.807) is 30.5 Å². The summed E-state index contributed by atoms with van der Waals surface area (Å²) in [7, 11) is 0. The number of rotatable bonds is 6. The predicted molar refractivity (Wildman–Crippen MR) is 106 cm³/mol. The molecular formula is C21H24N4O3. The minimum absolute atomic E-state index is 0.172. The van der Waals surface area contributed by atoms with Gasteiger partial charge in [-0.3, -0.25) is 19.4 Å². The Bertz CT molecular complexity index is 833. The van der Waals surface area contributed by atoms with E-state index >= 15 is 0 Å². The maximum atomic E-state index is 12.5. The number of benzene rings is 1. The molecule has 1 heterocycles. The molecule has 2 aromatic rings. The first-order valence-electron chi connectivity index (χ1n) is 9.52. The molecule has 3 amide bonds. The molecule has 0 spiro atoms. The molecule has 1 saturated carbocycles. The first-order chi connectivity index (χ1) is 13.6. The van der Waals surface area contributed by atoms with Gasteiger partial charge >= 0.3 is 11.8 Å². The Kier molecular flexibility index (Phi) is 6.73. The van der Waals surface area contributed by atoms with Gasteiger partial charge in [-0.1, -0.05) is 31.0 Å². The van der Waals surface area contributed by atoms with Gasteiger partial charge in [-0.15, -0.1) is 0 Å². The molecule has 1 aromatic carbocycles. The zero-order valence-corrected chi connectivity index (χ0v) is 15.6. The smallest absolute Gasteiger partial charge is 0.313 e. The third-order valence-corrected chi connectivity index (χ3v) is 4.71. The number of para-hydroxylation sites is 1. The van der Waals surface area contributed by atoms with Crippen LogP contribution < -0.4 is 16.0 Å². The van der Waals surface area contributed by atoms with E-state index in [0.29, 0.717) is 24.2 Å². The molecule has 0 atom stereocenters. The van der Waals surface area contributed by atoms with Gasteiger partial charge in [0.25, 0.3) is 5.91 Å². The Labute approximate surface area is 163 Å². The van der Waals surface area contributed by atoms with Crippen molar-refractivity contribution in [3.8, 4) is 0 Å². The molecule has 1 fully saturated rings. The molecule has 3 N–H and O–H groups in total. The number of aromatic nitrogens is 1. The number of amides is 3. The molecule has 1 aromatic heterocycles. The number of carbonyl (C=O) groups excluding carboxylic acids is 3. The van der Waals surface area contributed by atoms with Crippen molar-refractivity contribution in [2.75, 3.05) is 11.9 Å². The average Bonchev–Trinajstić information content (AvgIpc) is 3.22. The number of hydrogen-bond acceptors (Lipinski definition) is 4. The first-order valence-corrected chi connectivity index (χ1v) is 9.52. The zero-order chi connectivity index (χ0) is 19.8. The fourth-order valence-electron chi connectivity index (χ4n) is 3.23. The van der Waals surface area contributed by atoms with Crippen LogP contribution in [0.5, 0.6) is 0 Å². The van der Waals surface area contributed by atoms with Crippen LogP contribution in [0.1, 0.15) is 41.7 Å². The standard InChI is InChI=1S/C21H24N4O3/c26-19(24-16-8-1-2-9-16)17-10-3-4-11-18(17)25-21(28)20(27)23-14-12-15-7-5-6-13-22-15/h3-7,10-11,13,16H,1-2,8-9,12,14H2,(H,23,27)(H,24,26)(H,25,28). The summed E-state index contributed by atoms with van der Waals surface area (Å²) in [6.07, 6.45) is 6.37. The first kappa shape index (κ1) is 19.5. The number of nitrogens with zero attached hydrogens (tertiary/aromatic N) is 1. The Balaban J connectivity index is 1.54. The minimum atomic E-state index is -0.804. The normalized spacial score (nSPS) is 13.7. The van der Waals surface area contributed by atoms with Gasteiger partial charge < -0.3 is 16.0 Å². The Hall–Kier alpha value is -3.22. The van der Waals surface area contributed by atoms with E-state index in [0.717, 1.165) is 31.4 Å². The lowest BCUT2D eigenvalue weighted by Gasteiger charge is -2.15. The summed E-state index contributed by atoms with van der Waals surface area (Å²) in [5, 5.41) is 8.10. The number of carbonyl (C=O) groups is 3. The molecular weight excluding hydrogens is 356 g/mol. The SMILES string of the molecule is O=C(NCCc1ccccn1)C(=O)Nc1ccccc1C(=O)NC1CCCC1. The number of hydrogen-bond donors (Lipinski definition) is 3. The van der Waals surface area contributed by atoms with Crippen molar-refractivity contribution < 1.29 is 14.4 Å². The Morgan fingerprint density at radius 1 is 0.964 bits per heavy atom. The monoisotopic (exact) mass is 380 g/mol.